The maximum atomic E-state index is 11.6. The van der Waals surface area contributed by atoms with Crippen molar-refractivity contribution in [3.8, 4) is 0 Å². The number of hydrogen-bond donors (Lipinski definition) is 2. The molecule has 1 aromatic carbocycles. The van der Waals surface area contributed by atoms with Gasteiger partial charge in [0.2, 0.25) is 5.91 Å². The van der Waals surface area contributed by atoms with Crippen LogP contribution in [0.5, 0.6) is 0 Å². The van der Waals surface area contributed by atoms with Gasteiger partial charge in [0, 0.05) is 17.8 Å². The number of benzene rings is 1. The molecule has 0 bridgehead atoms. The van der Waals surface area contributed by atoms with E-state index in [1.165, 1.54) is 0 Å². The van der Waals surface area contributed by atoms with Gasteiger partial charge >= 0.3 is 0 Å². The highest BCUT2D eigenvalue weighted by molar-refractivity contribution is 5.91. The second-order valence-corrected chi connectivity index (χ2v) is 4.56. The van der Waals surface area contributed by atoms with Crippen LogP contribution in [0.4, 0.5) is 5.69 Å². The molecule has 0 aliphatic carbocycles. The lowest BCUT2D eigenvalue weighted by molar-refractivity contribution is -0.117. The summed E-state index contributed by atoms with van der Waals surface area (Å²) in [5.41, 5.74) is 7.31. The normalized spacial score (nSPS) is 12.6. The SMILES string of the molecule is CCCCC(C)NC(=O)/C=C/c1cccc(N)c1. The maximum Gasteiger partial charge on any atom is 0.244 e. The molecule has 1 unspecified atom stereocenters. The highest BCUT2D eigenvalue weighted by atomic mass is 16.1. The molecule has 1 amide bonds. The first kappa shape index (κ1) is 14.3. The number of anilines is 1. The van der Waals surface area contributed by atoms with Gasteiger partial charge in [0.15, 0.2) is 0 Å². The van der Waals surface area contributed by atoms with Gasteiger partial charge in [-0.2, -0.15) is 0 Å². The van der Waals surface area contributed by atoms with E-state index in [0.717, 1.165) is 24.8 Å². The van der Waals surface area contributed by atoms with Crippen LogP contribution in [0.15, 0.2) is 30.3 Å². The molecule has 0 saturated heterocycles. The van der Waals surface area contributed by atoms with Gasteiger partial charge in [0.25, 0.3) is 0 Å². The highest BCUT2D eigenvalue weighted by Gasteiger charge is 2.03. The molecule has 0 spiro atoms. The molecule has 3 N–H and O–H groups in total. The number of unbranched alkanes of at least 4 members (excludes halogenated alkanes) is 1. The van der Waals surface area contributed by atoms with Gasteiger partial charge in [-0.3, -0.25) is 4.79 Å². The predicted molar refractivity (Wildman–Crippen MR) is 77.0 cm³/mol. The van der Waals surface area contributed by atoms with Crippen molar-refractivity contribution in [2.45, 2.75) is 39.2 Å². The molecule has 0 fully saturated rings. The zero-order chi connectivity index (χ0) is 13.4. The molecule has 1 rings (SSSR count). The Labute approximate surface area is 109 Å². The molecule has 3 nitrogen and oxygen atoms in total. The zero-order valence-corrected chi connectivity index (χ0v) is 11.1. The molecule has 1 aromatic rings. The lowest BCUT2D eigenvalue weighted by atomic mass is 10.1. The number of nitrogens with one attached hydrogen (secondary N) is 1. The Kier molecular flexibility index (Phi) is 5.98. The van der Waals surface area contributed by atoms with Crippen molar-refractivity contribution >= 4 is 17.7 Å². The van der Waals surface area contributed by atoms with Crippen LogP contribution in [-0.2, 0) is 4.79 Å². The average molecular weight is 246 g/mol. The summed E-state index contributed by atoms with van der Waals surface area (Å²) in [6, 6.07) is 7.68. The summed E-state index contributed by atoms with van der Waals surface area (Å²) < 4.78 is 0. The summed E-state index contributed by atoms with van der Waals surface area (Å²) in [6.45, 7) is 4.18. The fourth-order valence-electron chi connectivity index (χ4n) is 1.71. The largest absolute Gasteiger partial charge is 0.399 e. The first-order valence-corrected chi connectivity index (χ1v) is 6.46. The van der Waals surface area contributed by atoms with Crippen LogP contribution in [0.2, 0.25) is 0 Å². The monoisotopic (exact) mass is 246 g/mol. The van der Waals surface area contributed by atoms with Crippen molar-refractivity contribution in [1.82, 2.24) is 5.32 Å². The number of rotatable bonds is 6. The number of nitrogens with two attached hydrogens (primary N) is 1. The van der Waals surface area contributed by atoms with Crippen molar-refractivity contribution in [3.63, 3.8) is 0 Å². The van der Waals surface area contributed by atoms with Gasteiger partial charge in [-0.1, -0.05) is 31.9 Å². The number of carbonyl (C=O) groups excluding carboxylic acids is 1. The standard InChI is InChI=1S/C15H22N2O/c1-3-4-6-12(2)17-15(18)10-9-13-7-5-8-14(16)11-13/h5,7-12H,3-4,6,16H2,1-2H3,(H,17,18)/b10-9+. The Bertz CT molecular complexity index is 413. The molecule has 3 heteroatoms. The third-order valence-corrected chi connectivity index (χ3v) is 2.72. The van der Waals surface area contributed by atoms with Crippen molar-refractivity contribution in [3.05, 3.63) is 35.9 Å². The van der Waals surface area contributed by atoms with Gasteiger partial charge in [-0.25, -0.2) is 0 Å². The van der Waals surface area contributed by atoms with Crippen molar-refractivity contribution in [1.29, 1.82) is 0 Å². The van der Waals surface area contributed by atoms with Gasteiger partial charge in [0.05, 0.1) is 0 Å². The summed E-state index contributed by atoms with van der Waals surface area (Å²) >= 11 is 0. The fourth-order valence-corrected chi connectivity index (χ4v) is 1.71. The maximum absolute atomic E-state index is 11.6. The Morgan fingerprint density at radius 2 is 2.28 bits per heavy atom. The van der Waals surface area contributed by atoms with Gasteiger partial charge in [-0.15, -0.1) is 0 Å². The number of carbonyl (C=O) groups is 1. The molecule has 18 heavy (non-hydrogen) atoms. The molecule has 0 aliphatic heterocycles. The number of hydrogen-bond acceptors (Lipinski definition) is 2. The third-order valence-electron chi connectivity index (χ3n) is 2.72. The van der Waals surface area contributed by atoms with Crippen LogP contribution in [0.3, 0.4) is 0 Å². The van der Waals surface area contributed by atoms with E-state index in [-0.39, 0.29) is 11.9 Å². The molecule has 0 radical (unpaired) electrons. The minimum absolute atomic E-state index is 0.0546. The summed E-state index contributed by atoms with van der Waals surface area (Å²) in [7, 11) is 0. The van der Waals surface area contributed by atoms with Crippen LogP contribution in [0, 0.1) is 0 Å². The Morgan fingerprint density at radius 3 is 2.94 bits per heavy atom. The van der Waals surface area contributed by atoms with Crippen LogP contribution in [0.25, 0.3) is 6.08 Å². The molecule has 98 valence electrons. The van der Waals surface area contributed by atoms with Crippen LogP contribution in [-0.4, -0.2) is 11.9 Å². The molecular formula is C15H22N2O. The average Bonchev–Trinajstić information content (AvgIpc) is 2.34. The van der Waals surface area contributed by atoms with E-state index >= 15 is 0 Å². The van der Waals surface area contributed by atoms with E-state index in [0.29, 0.717) is 5.69 Å². The van der Waals surface area contributed by atoms with Crippen LogP contribution in [0.1, 0.15) is 38.7 Å². The van der Waals surface area contributed by atoms with E-state index in [1.807, 2.05) is 31.2 Å². The lowest BCUT2D eigenvalue weighted by Gasteiger charge is -2.11. The summed E-state index contributed by atoms with van der Waals surface area (Å²) in [5, 5.41) is 2.94. The molecule has 0 aliphatic rings. The van der Waals surface area contributed by atoms with E-state index in [9.17, 15) is 4.79 Å². The topological polar surface area (TPSA) is 55.1 Å². The van der Waals surface area contributed by atoms with Crippen LogP contribution < -0.4 is 11.1 Å². The molecule has 0 saturated carbocycles. The van der Waals surface area contributed by atoms with Crippen molar-refractivity contribution < 1.29 is 4.79 Å². The predicted octanol–water partition coefficient (Wildman–Crippen LogP) is 2.98. The van der Waals surface area contributed by atoms with Crippen LogP contribution >= 0.6 is 0 Å². The van der Waals surface area contributed by atoms with E-state index in [2.05, 4.69) is 12.2 Å². The Balaban J connectivity index is 2.44. The van der Waals surface area contributed by atoms with Crippen molar-refractivity contribution in [2.24, 2.45) is 0 Å². The van der Waals surface area contributed by atoms with Gasteiger partial charge in [-0.05, 0) is 37.1 Å². The second kappa shape index (κ2) is 7.54. The summed E-state index contributed by atoms with van der Waals surface area (Å²) in [6.07, 6.45) is 6.64. The highest BCUT2D eigenvalue weighted by Crippen LogP contribution is 2.08. The second-order valence-electron chi connectivity index (χ2n) is 4.56. The molecule has 0 heterocycles. The smallest absolute Gasteiger partial charge is 0.244 e. The number of nitrogen functional groups attached to an aromatic ring is 1. The fraction of sp³-hybridized carbons (Fsp3) is 0.400. The van der Waals surface area contributed by atoms with Gasteiger partial charge in [0.1, 0.15) is 0 Å². The first-order chi connectivity index (χ1) is 8.61. The van der Waals surface area contributed by atoms with E-state index < -0.39 is 0 Å². The van der Waals surface area contributed by atoms with Crippen molar-refractivity contribution in [2.75, 3.05) is 5.73 Å². The number of amides is 1. The molecule has 1 atom stereocenters. The molecular weight excluding hydrogens is 224 g/mol. The Hall–Kier alpha value is -1.77. The van der Waals surface area contributed by atoms with Gasteiger partial charge < -0.3 is 11.1 Å². The minimum atomic E-state index is -0.0546. The summed E-state index contributed by atoms with van der Waals surface area (Å²) in [5.74, 6) is -0.0546. The quantitative estimate of drug-likeness (QED) is 0.599. The van der Waals surface area contributed by atoms with E-state index in [4.69, 9.17) is 5.73 Å². The van der Waals surface area contributed by atoms with E-state index in [1.54, 1.807) is 12.2 Å². The molecule has 0 aromatic heterocycles. The lowest BCUT2D eigenvalue weighted by Crippen LogP contribution is -2.30. The Morgan fingerprint density at radius 1 is 1.50 bits per heavy atom. The third kappa shape index (κ3) is 5.53. The zero-order valence-electron chi connectivity index (χ0n) is 11.1. The minimum Gasteiger partial charge on any atom is -0.399 e. The first-order valence-electron chi connectivity index (χ1n) is 6.46. The summed E-state index contributed by atoms with van der Waals surface area (Å²) in [4.78, 5) is 11.6.